The number of phenols is 1. The van der Waals surface area contributed by atoms with E-state index in [2.05, 4.69) is 0 Å². The zero-order valence-electron chi connectivity index (χ0n) is 10.6. The highest BCUT2D eigenvalue weighted by Crippen LogP contribution is 2.16. The quantitative estimate of drug-likeness (QED) is 0.884. The van der Waals surface area contributed by atoms with Crippen LogP contribution in [0.3, 0.4) is 0 Å². The molecule has 1 fully saturated rings. The van der Waals surface area contributed by atoms with Crippen molar-refractivity contribution in [2.24, 2.45) is 0 Å². The summed E-state index contributed by atoms with van der Waals surface area (Å²) in [7, 11) is 1.85. The van der Waals surface area contributed by atoms with Gasteiger partial charge >= 0.3 is 0 Å². The fourth-order valence-corrected chi connectivity index (χ4v) is 2.24. The highest BCUT2D eigenvalue weighted by atomic mass is 16.5. The van der Waals surface area contributed by atoms with Crippen LogP contribution in [0.4, 0.5) is 0 Å². The number of benzene rings is 1. The van der Waals surface area contributed by atoms with Gasteiger partial charge in [0.2, 0.25) is 5.91 Å². The number of likely N-dealkylation sites (N-methyl/N-ethyl adjacent to an activating group) is 1. The zero-order valence-corrected chi connectivity index (χ0v) is 10.6. The van der Waals surface area contributed by atoms with Crippen molar-refractivity contribution in [2.45, 2.75) is 25.3 Å². The van der Waals surface area contributed by atoms with Crippen LogP contribution in [0, 0.1) is 0 Å². The van der Waals surface area contributed by atoms with Gasteiger partial charge < -0.3 is 14.7 Å². The summed E-state index contributed by atoms with van der Waals surface area (Å²) in [6, 6.07) is 7.14. The predicted molar refractivity (Wildman–Crippen MR) is 68.4 cm³/mol. The van der Waals surface area contributed by atoms with E-state index in [-0.39, 0.29) is 17.7 Å². The minimum atomic E-state index is 0.0903. The molecule has 0 atom stereocenters. The van der Waals surface area contributed by atoms with E-state index < -0.39 is 0 Å². The molecule has 0 aliphatic carbocycles. The average molecular weight is 249 g/mol. The molecule has 4 nitrogen and oxygen atoms in total. The second kappa shape index (κ2) is 5.87. The minimum absolute atomic E-state index is 0.0903. The number of carbonyl (C=O) groups is 1. The first-order chi connectivity index (χ1) is 8.66. The predicted octanol–water partition coefficient (Wildman–Crippen LogP) is 1.57. The molecule has 0 spiro atoms. The molecule has 1 aromatic carbocycles. The van der Waals surface area contributed by atoms with Crippen LogP contribution < -0.4 is 0 Å². The van der Waals surface area contributed by atoms with E-state index in [1.165, 1.54) is 0 Å². The van der Waals surface area contributed by atoms with Crippen LogP contribution in [0.1, 0.15) is 18.4 Å². The van der Waals surface area contributed by atoms with Gasteiger partial charge in [-0.15, -0.1) is 0 Å². The molecule has 2 rings (SSSR count). The first-order valence-corrected chi connectivity index (χ1v) is 6.28. The van der Waals surface area contributed by atoms with Crippen molar-refractivity contribution < 1.29 is 14.6 Å². The Morgan fingerprint density at radius 1 is 1.44 bits per heavy atom. The highest BCUT2D eigenvalue weighted by molar-refractivity contribution is 5.78. The number of ether oxygens (including phenoxy) is 1. The Bertz CT molecular complexity index is 413. The zero-order chi connectivity index (χ0) is 13.0. The summed E-state index contributed by atoms with van der Waals surface area (Å²) in [5, 5.41) is 9.37. The Morgan fingerprint density at radius 3 is 2.83 bits per heavy atom. The molecule has 1 aliphatic heterocycles. The normalized spacial score (nSPS) is 16.5. The molecule has 1 N–H and O–H groups in total. The van der Waals surface area contributed by atoms with Crippen molar-refractivity contribution in [3.8, 4) is 5.75 Å². The maximum absolute atomic E-state index is 12.1. The van der Waals surface area contributed by atoms with Crippen molar-refractivity contribution in [1.82, 2.24) is 4.90 Å². The summed E-state index contributed by atoms with van der Waals surface area (Å²) < 4.78 is 5.29. The summed E-state index contributed by atoms with van der Waals surface area (Å²) in [4.78, 5) is 13.9. The Morgan fingerprint density at radius 2 is 2.17 bits per heavy atom. The van der Waals surface area contributed by atoms with Crippen LogP contribution in [0.25, 0.3) is 0 Å². The van der Waals surface area contributed by atoms with E-state index in [1.54, 1.807) is 18.2 Å². The molecule has 0 radical (unpaired) electrons. The van der Waals surface area contributed by atoms with Gasteiger partial charge in [-0.3, -0.25) is 4.79 Å². The number of carbonyl (C=O) groups excluding carboxylic acids is 1. The molecule has 1 heterocycles. The number of nitrogens with zero attached hydrogens (tertiary/aromatic N) is 1. The molecule has 0 bridgehead atoms. The summed E-state index contributed by atoms with van der Waals surface area (Å²) in [6.45, 7) is 1.46. The van der Waals surface area contributed by atoms with Crippen molar-refractivity contribution >= 4 is 5.91 Å². The second-order valence-electron chi connectivity index (χ2n) is 4.69. The fourth-order valence-electron chi connectivity index (χ4n) is 2.24. The molecule has 0 aromatic heterocycles. The number of hydrogen-bond acceptors (Lipinski definition) is 3. The Balaban J connectivity index is 1.94. The summed E-state index contributed by atoms with van der Waals surface area (Å²) >= 11 is 0. The molecule has 18 heavy (non-hydrogen) atoms. The number of rotatable bonds is 3. The van der Waals surface area contributed by atoms with Gasteiger partial charge in [-0.05, 0) is 30.5 Å². The summed E-state index contributed by atoms with van der Waals surface area (Å²) in [5.41, 5.74) is 0.846. The lowest BCUT2D eigenvalue weighted by molar-refractivity contribution is -0.132. The molecule has 0 saturated carbocycles. The first-order valence-electron chi connectivity index (χ1n) is 6.28. The maximum atomic E-state index is 12.1. The number of aromatic hydroxyl groups is 1. The van der Waals surface area contributed by atoms with Gasteiger partial charge in [-0.1, -0.05) is 12.1 Å². The molecule has 1 saturated heterocycles. The van der Waals surface area contributed by atoms with Crippen LogP contribution in [0.2, 0.25) is 0 Å². The van der Waals surface area contributed by atoms with Crippen molar-refractivity contribution in [3.05, 3.63) is 29.8 Å². The molecule has 0 unspecified atom stereocenters. The highest BCUT2D eigenvalue weighted by Gasteiger charge is 2.22. The molecule has 4 heteroatoms. The lowest BCUT2D eigenvalue weighted by atomic mass is 10.1. The van der Waals surface area contributed by atoms with Crippen LogP contribution >= 0.6 is 0 Å². The molecule has 98 valence electrons. The van der Waals surface area contributed by atoms with Crippen molar-refractivity contribution in [1.29, 1.82) is 0 Å². The largest absolute Gasteiger partial charge is 0.508 e. The van der Waals surface area contributed by atoms with Crippen LogP contribution in [0.15, 0.2) is 24.3 Å². The standard InChI is InChI=1S/C14H19NO3/c1-15(12-5-7-18-8-6-12)14(17)10-11-3-2-4-13(16)9-11/h2-4,9,12,16H,5-8,10H2,1H3. The van der Waals surface area contributed by atoms with Gasteiger partial charge in [-0.2, -0.15) is 0 Å². The minimum Gasteiger partial charge on any atom is -0.508 e. The van der Waals surface area contributed by atoms with E-state index in [4.69, 9.17) is 4.74 Å². The van der Waals surface area contributed by atoms with Crippen LogP contribution in [-0.2, 0) is 16.0 Å². The van der Waals surface area contributed by atoms with Crippen LogP contribution in [-0.4, -0.2) is 42.2 Å². The smallest absolute Gasteiger partial charge is 0.226 e. The Kier molecular flexibility index (Phi) is 4.20. The number of phenolic OH excluding ortho intramolecular Hbond substituents is 1. The lowest BCUT2D eigenvalue weighted by Crippen LogP contribution is -2.41. The monoisotopic (exact) mass is 249 g/mol. The summed E-state index contributed by atoms with van der Waals surface area (Å²) in [6.07, 6.45) is 2.15. The van der Waals surface area contributed by atoms with Gasteiger partial charge in [0.1, 0.15) is 5.75 Å². The Labute approximate surface area is 107 Å². The molecule has 1 aliphatic rings. The second-order valence-corrected chi connectivity index (χ2v) is 4.69. The first kappa shape index (κ1) is 12.9. The molecular weight excluding hydrogens is 230 g/mol. The van der Waals surface area contributed by atoms with Crippen molar-refractivity contribution in [3.63, 3.8) is 0 Å². The van der Waals surface area contributed by atoms with E-state index >= 15 is 0 Å². The topological polar surface area (TPSA) is 49.8 Å². The molecule has 1 aromatic rings. The molecule has 1 amide bonds. The van der Waals surface area contributed by atoms with Crippen molar-refractivity contribution in [2.75, 3.05) is 20.3 Å². The summed E-state index contributed by atoms with van der Waals surface area (Å²) in [5.74, 6) is 0.293. The Hall–Kier alpha value is -1.55. The van der Waals surface area contributed by atoms with E-state index in [0.717, 1.165) is 31.6 Å². The maximum Gasteiger partial charge on any atom is 0.226 e. The van der Waals surface area contributed by atoms with E-state index in [9.17, 15) is 9.90 Å². The average Bonchev–Trinajstić information content (AvgIpc) is 2.39. The van der Waals surface area contributed by atoms with Gasteiger partial charge in [0.05, 0.1) is 6.42 Å². The van der Waals surface area contributed by atoms with E-state index in [0.29, 0.717) is 6.42 Å². The lowest BCUT2D eigenvalue weighted by Gasteiger charge is -2.31. The number of hydrogen-bond donors (Lipinski definition) is 1. The van der Waals surface area contributed by atoms with Gasteiger partial charge in [0, 0.05) is 26.3 Å². The molecular formula is C14H19NO3. The van der Waals surface area contributed by atoms with Gasteiger partial charge in [0.15, 0.2) is 0 Å². The third kappa shape index (κ3) is 3.23. The fraction of sp³-hybridized carbons (Fsp3) is 0.500. The third-order valence-electron chi connectivity index (χ3n) is 3.40. The van der Waals surface area contributed by atoms with Gasteiger partial charge in [0.25, 0.3) is 0 Å². The van der Waals surface area contributed by atoms with E-state index in [1.807, 2.05) is 18.0 Å². The van der Waals surface area contributed by atoms with Crippen LogP contribution in [0.5, 0.6) is 5.75 Å². The SMILES string of the molecule is CN(C(=O)Cc1cccc(O)c1)C1CCOCC1. The third-order valence-corrected chi connectivity index (χ3v) is 3.40. The van der Waals surface area contributed by atoms with Gasteiger partial charge in [-0.25, -0.2) is 0 Å². The number of amides is 1.